The van der Waals surface area contributed by atoms with Crippen molar-refractivity contribution in [2.75, 3.05) is 5.32 Å². The fraction of sp³-hybridized carbons (Fsp3) is 0.133. The summed E-state index contributed by atoms with van der Waals surface area (Å²) in [7, 11) is 0. The van der Waals surface area contributed by atoms with Gasteiger partial charge in [-0.2, -0.15) is 4.57 Å². The molecule has 5 heterocycles. The standard InChI is InChI=1S/C30H24N8/c31-30(12-4-13-30)20-10-8-18(9-11-20)26-25(19-15-23-27(33-16-19)35-17-34-23)37-29-21-5-1-2-6-22(21)36-28-24(38(26)29)7-3-14-32-28/h1-3,5-11,14-17H,4,12-13,31H2,(H2,32,33,34,35,36,37)/p+1. The van der Waals surface area contributed by atoms with Crippen LogP contribution in [-0.4, -0.2) is 24.9 Å². The van der Waals surface area contributed by atoms with Crippen LogP contribution in [-0.2, 0) is 5.54 Å². The van der Waals surface area contributed by atoms with Crippen LogP contribution in [0.15, 0.2) is 85.5 Å². The first-order valence-corrected chi connectivity index (χ1v) is 12.9. The van der Waals surface area contributed by atoms with E-state index in [1.165, 1.54) is 12.0 Å². The summed E-state index contributed by atoms with van der Waals surface area (Å²) in [5.41, 5.74) is 16.3. The number of pyridine rings is 2. The van der Waals surface area contributed by atoms with E-state index in [0.717, 1.165) is 69.5 Å². The van der Waals surface area contributed by atoms with Crippen molar-refractivity contribution < 1.29 is 4.57 Å². The second kappa shape index (κ2) is 7.84. The number of benzene rings is 2. The van der Waals surface area contributed by atoms with Crippen LogP contribution < -0.4 is 15.6 Å². The third-order valence-corrected chi connectivity index (χ3v) is 7.93. The largest absolute Gasteiger partial charge is 0.343 e. The molecule has 0 atom stereocenters. The Labute approximate surface area is 218 Å². The molecule has 2 aromatic carbocycles. The maximum absolute atomic E-state index is 6.66. The lowest BCUT2D eigenvalue weighted by atomic mass is 9.72. The molecule has 0 saturated heterocycles. The zero-order valence-electron chi connectivity index (χ0n) is 20.6. The number of nitrogens with one attached hydrogen (secondary N) is 3. The van der Waals surface area contributed by atoms with E-state index in [1.54, 1.807) is 6.33 Å². The van der Waals surface area contributed by atoms with Crippen molar-refractivity contribution >= 4 is 22.7 Å². The van der Waals surface area contributed by atoms with Gasteiger partial charge in [-0.3, -0.25) is 0 Å². The van der Waals surface area contributed by atoms with Crippen LogP contribution in [0.3, 0.4) is 0 Å². The number of hydrogen-bond acceptors (Lipinski definition) is 5. The van der Waals surface area contributed by atoms with Crippen LogP contribution in [0.5, 0.6) is 0 Å². The monoisotopic (exact) mass is 497 g/mol. The van der Waals surface area contributed by atoms with Crippen molar-refractivity contribution in [3.05, 3.63) is 91.0 Å². The molecule has 0 bridgehead atoms. The van der Waals surface area contributed by atoms with E-state index in [2.05, 4.69) is 84.4 Å². The Balaban J connectivity index is 1.43. The average Bonchev–Trinajstić information content (AvgIpc) is 3.54. The van der Waals surface area contributed by atoms with Crippen LogP contribution >= 0.6 is 0 Å². The Bertz CT molecular complexity index is 1840. The average molecular weight is 498 g/mol. The van der Waals surface area contributed by atoms with Gasteiger partial charge in [0.05, 0.1) is 23.1 Å². The Morgan fingerprint density at radius 2 is 1.76 bits per heavy atom. The second-order valence-corrected chi connectivity index (χ2v) is 10.2. The maximum Gasteiger partial charge on any atom is 0.295 e. The Morgan fingerprint density at radius 3 is 2.61 bits per heavy atom. The second-order valence-electron chi connectivity index (χ2n) is 10.2. The van der Waals surface area contributed by atoms with E-state index in [9.17, 15) is 0 Å². The lowest BCUT2D eigenvalue weighted by molar-refractivity contribution is -0.569. The number of aromatic nitrogens is 6. The molecule has 5 N–H and O–H groups in total. The van der Waals surface area contributed by atoms with Crippen molar-refractivity contribution in [2.24, 2.45) is 5.73 Å². The molecule has 0 amide bonds. The summed E-state index contributed by atoms with van der Waals surface area (Å²) in [6, 6.07) is 23.2. The van der Waals surface area contributed by atoms with E-state index in [0.29, 0.717) is 5.65 Å². The van der Waals surface area contributed by atoms with Gasteiger partial charge in [-0.15, -0.1) is 0 Å². The highest BCUT2D eigenvalue weighted by molar-refractivity contribution is 5.86. The number of nitrogens with two attached hydrogens (primary N) is 1. The smallest absolute Gasteiger partial charge is 0.295 e. The van der Waals surface area contributed by atoms with Crippen molar-refractivity contribution in [2.45, 2.75) is 24.8 Å². The molecule has 0 radical (unpaired) electrons. The molecule has 8 nitrogen and oxygen atoms in total. The predicted octanol–water partition coefficient (Wildman–Crippen LogP) is 5.35. The van der Waals surface area contributed by atoms with Gasteiger partial charge in [0.25, 0.3) is 5.82 Å². The van der Waals surface area contributed by atoms with Gasteiger partial charge >= 0.3 is 0 Å². The van der Waals surface area contributed by atoms with E-state index in [4.69, 9.17) is 10.7 Å². The van der Waals surface area contributed by atoms with Crippen LogP contribution in [0.2, 0.25) is 0 Å². The predicted molar refractivity (Wildman–Crippen MR) is 147 cm³/mol. The van der Waals surface area contributed by atoms with Gasteiger partial charge in [0.15, 0.2) is 28.5 Å². The summed E-state index contributed by atoms with van der Waals surface area (Å²) in [5, 5.41) is 3.54. The molecule has 4 aromatic heterocycles. The SMILES string of the molecule is NC1(c2ccc(-c3c(-c4cnc5nc[nH]c5c4)[nH]c4[n+]3-c3cccnc3Nc3ccccc3-4)cc2)CCC1. The summed E-state index contributed by atoms with van der Waals surface area (Å²) in [6.45, 7) is 0. The van der Waals surface area contributed by atoms with Gasteiger partial charge in [-0.25, -0.2) is 19.9 Å². The van der Waals surface area contributed by atoms with Gasteiger partial charge < -0.3 is 16.0 Å². The van der Waals surface area contributed by atoms with Crippen molar-refractivity contribution in [1.82, 2.24) is 24.9 Å². The van der Waals surface area contributed by atoms with E-state index in [1.807, 2.05) is 24.5 Å². The number of nitrogens with zero attached hydrogens (tertiary/aromatic N) is 4. The number of para-hydroxylation sites is 1. The van der Waals surface area contributed by atoms with E-state index in [-0.39, 0.29) is 5.54 Å². The quantitative estimate of drug-likeness (QED) is 0.246. The molecule has 1 aliphatic carbocycles. The molecular weight excluding hydrogens is 472 g/mol. The van der Waals surface area contributed by atoms with Gasteiger partial charge in [0.1, 0.15) is 0 Å². The summed E-state index contributed by atoms with van der Waals surface area (Å²) in [6.07, 6.45) is 8.61. The lowest BCUT2D eigenvalue weighted by Crippen LogP contribution is -2.43. The molecule has 1 fully saturated rings. The molecule has 38 heavy (non-hydrogen) atoms. The molecule has 184 valence electrons. The van der Waals surface area contributed by atoms with Crippen LogP contribution in [0.4, 0.5) is 11.5 Å². The van der Waals surface area contributed by atoms with Crippen LogP contribution in [0.25, 0.3) is 50.8 Å². The molecule has 1 saturated carbocycles. The lowest BCUT2D eigenvalue weighted by Gasteiger charge is -2.38. The Hall–Kier alpha value is -4.82. The minimum absolute atomic E-state index is 0.210. The van der Waals surface area contributed by atoms with Gasteiger partial charge in [0.2, 0.25) is 0 Å². The summed E-state index contributed by atoms with van der Waals surface area (Å²) >= 11 is 0. The number of hydrogen-bond donors (Lipinski definition) is 4. The molecule has 0 unspecified atom stereocenters. The molecule has 6 aromatic rings. The van der Waals surface area contributed by atoms with E-state index >= 15 is 0 Å². The van der Waals surface area contributed by atoms with Crippen molar-refractivity contribution in [1.29, 1.82) is 0 Å². The zero-order chi connectivity index (χ0) is 25.3. The normalized spacial score (nSPS) is 15.1. The number of aromatic amines is 2. The summed E-state index contributed by atoms with van der Waals surface area (Å²) in [5.74, 6) is 1.76. The van der Waals surface area contributed by atoms with Gasteiger partial charge in [-0.05, 0) is 55.2 Å². The summed E-state index contributed by atoms with van der Waals surface area (Å²) < 4.78 is 2.27. The fourth-order valence-corrected chi connectivity index (χ4v) is 5.74. The zero-order valence-corrected chi connectivity index (χ0v) is 20.6. The van der Waals surface area contributed by atoms with Crippen molar-refractivity contribution in [3.8, 4) is 39.6 Å². The highest BCUT2D eigenvalue weighted by Gasteiger charge is 2.36. The molecule has 1 aliphatic heterocycles. The van der Waals surface area contributed by atoms with Crippen LogP contribution in [0, 0.1) is 0 Å². The minimum Gasteiger partial charge on any atom is -0.343 e. The number of imidazole rings is 2. The van der Waals surface area contributed by atoms with Gasteiger partial charge in [0, 0.05) is 29.1 Å². The first kappa shape index (κ1) is 21.3. The number of H-pyrrole nitrogens is 2. The minimum atomic E-state index is -0.210. The third kappa shape index (κ3) is 3.07. The number of fused-ring (bicyclic) bond motifs is 6. The van der Waals surface area contributed by atoms with Gasteiger partial charge in [-0.1, -0.05) is 36.4 Å². The summed E-state index contributed by atoms with van der Waals surface area (Å²) in [4.78, 5) is 20.6. The molecule has 2 aliphatic rings. The third-order valence-electron chi connectivity index (χ3n) is 7.93. The first-order valence-electron chi connectivity index (χ1n) is 12.9. The molecule has 8 rings (SSSR count). The highest BCUT2D eigenvalue weighted by atomic mass is 15.2. The molecule has 8 heteroatoms. The van der Waals surface area contributed by atoms with E-state index < -0.39 is 0 Å². The number of rotatable bonds is 3. The van der Waals surface area contributed by atoms with Crippen LogP contribution in [0.1, 0.15) is 24.8 Å². The highest BCUT2D eigenvalue weighted by Crippen LogP contribution is 2.41. The van der Waals surface area contributed by atoms with Crippen molar-refractivity contribution in [3.63, 3.8) is 0 Å². The molecular formula is C30H25N8+. The topological polar surface area (TPSA) is 112 Å². The first-order chi connectivity index (χ1) is 18.7. The Kier molecular flexibility index (Phi) is 4.39. The molecule has 0 spiro atoms. The maximum atomic E-state index is 6.66. The fourth-order valence-electron chi connectivity index (χ4n) is 5.74. The number of anilines is 2. The Morgan fingerprint density at radius 1 is 0.895 bits per heavy atom.